The average Bonchev–Trinajstić information content (AvgIpc) is 3.03. The molecule has 1 N–H and O–H groups in total. The van der Waals surface area contributed by atoms with E-state index in [-0.39, 0.29) is 5.75 Å². The Kier molecular flexibility index (Phi) is 5.25. The van der Waals surface area contributed by atoms with Crippen LogP contribution in [0.15, 0.2) is 47.4 Å². The van der Waals surface area contributed by atoms with Crippen molar-refractivity contribution in [2.24, 2.45) is 0 Å². The third kappa shape index (κ3) is 4.11. The lowest BCUT2D eigenvalue weighted by molar-refractivity contribution is 0.402. The van der Waals surface area contributed by atoms with Gasteiger partial charge < -0.3 is 14.6 Å². The van der Waals surface area contributed by atoms with E-state index in [1.807, 2.05) is 54.8 Å². The number of aromatic nitrogens is 3. The molecule has 0 saturated heterocycles. The van der Waals surface area contributed by atoms with Crippen LogP contribution in [0.25, 0.3) is 10.2 Å². The van der Waals surface area contributed by atoms with Crippen molar-refractivity contribution >= 4 is 44.8 Å². The Morgan fingerprint density at radius 3 is 2.79 bits per heavy atom. The Bertz CT molecular complexity index is 1270. The Hall–Kier alpha value is -2.90. The molecule has 0 amide bonds. The predicted molar refractivity (Wildman–Crippen MR) is 118 cm³/mol. The summed E-state index contributed by atoms with van der Waals surface area (Å²) >= 11 is 7.75. The second-order valence-corrected chi connectivity index (χ2v) is 8.36. The molecule has 0 spiro atoms. The van der Waals surface area contributed by atoms with Crippen molar-refractivity contribution < 1.29 is 4.74 Å². The molecule has 0 saturated carbocycles. The van der Waals surface area contributed by atoms with Gasteiger partial charge in [-0.05, 0) is 49.2 Å². The van der Waals surface area contributed by atoms with E-state index < -0.39 is 5.56 Å². The fraction of sp³-hybridized carbons (Fsp3) is 0.190. The van der Waals surface area contributed by atoms with Gasteiger partial charge >= 0.3 is 5.56 Å². The highest BCUT2D eigenvalue weighted by Gasteiger charge is 2.13. The van der Waals surface area contributed by atoms with Gasteiger partial charge in [0.15, 0.2) is 0 Å². The van der Waals surface area contributed by atoms with Gasteiger partial charge in [-0.25, -0.2) is 4.98 Å². The maximum atomic E-state index is 12.3. The number of benzene rings is 2. The number of hydrogen-bond donors (Lipinski definition) is 1. The Morgan fingerprint density at radius 1 is 1.21 bits per heavy atom. The molecular weight excluding hydrogens is 408 g/mol. The van der Waals surface area contributed by atoms with E-state index in [1.165, 1.54) is 7.11 Å². The Morgan fingerprint density at radius 2 is 2.03 bits per heavy atom. The van der Waals surface area contributed by atoms with Crippen LogP contribution < -0.4 is 15.6 Å². The van der Waals surface area contributed by atoms with Crippen LogP contribution in [0.1, 0.15) is 16.1 Å². The van der Waals surface area contributed by atoms with Crippen LogP contribution in [0.5, 0.6) is 5.75 Å². The maximum Gasteiger partial charge on any atom is 0.316 e. The average molecular weight is 427 g/mol. The first-order valence-electron chi connectivity index (χ1n) is 8.97. The molecule has 8 heteroatoms. The molecule has 6 nitrogen and oxygen atoms in total. The second-order valence-electron chi connectivity index (χ2n) is 6.69. The van der Waals surface area contributed by atoms with E-state index in [1.54, 1.807) is 17.5 Å². The molecule has 0 fully saturated rings. The first-order valence-corrected chi connectivity index (χ1v) is 10.2. The van der Waals surface area contributed by atoms with Gasteiger partial charge in [0.2, 0.25) is 11.7 Å². The van der Waals surface area contributed by atoms with Crippen LogP contribution in [0.2, 0.25) is 5.02 Å². The molecule has 0 unspecified atom stereocenters. The Balaban J connectivity index is 1.77. The second kappa shape index (κ2) is 7.85. The molecular formula is C21H19ClN4O2S. The van der Waals surface area contributed by atoms with E-state index in [9.17, 15) is 4.79 Å². The maximum absolute atomic E-state index is 12.3. The lowest BCUT2D eigenvalue weighted by Gasteiger charge is -2.16. The molecule has 0 aliphatic heterocycles. The lowest BCUT2D eigenvalue weighted by Crippen LogP contribution is -2.19. The van der Waals surface area contributed by atoms with Crippen LogP contribution >= 0.6 is 22.9 Å². The van der Waals surface area contributed by atoms with Crippen molar-refractivity contribution in [1.82, 2.24) is 14.5 Å². The van der Waals surface area contributed by atoms with E-state index >= 15 is 0 Å². The summed E-state index contributed by atoms with van der Waals surface area (Å²) in [6.07, 6.45) is 1.66. The van der Waals surface area contributed by atoms with Crippen LogP contribution in [0.4, 0.5) is 11.6 Å². The fourth-order valence-corrected chi connectivity index (χ4v) is 4.18. The molecule has 0 atom stereocenters. The highest BCUT2D eigenvalue weighted by atomic mass is 35.5. The summed E-state index contributed by atoms with van der Waals surface area (Å²) < 4.78 is 8.10. The van der Waals surface area contributed by atoms with E-state index in [4.69, 9.17) is 16.3 Å². The summed E-state index contributed by atoms with van der Waals surface area (Å²) in [4.78, 5) is 21.0. The van der Waals surface area contributed by atoms with Gasteiger partial charge in [0.1, 0.15) is 0 Å². The van der Waals surface area contributed by atoms with Crippen molar-refractivity contribution in [2.75, 3.05) is 12.4 Å². The fourth-order valence-electron chi connectivity index (χ4n) is 3.11. The molecule has 4 aromatic rings. The van der Waals surface area contributed by atoms with Crippen LogP contribution in [0, 0.1) is 13.8 Å². The number of nitrogens with zero attached hydrogens (tertiary/aromatic N) is 3. The molecule has 0 aliphatic carbocycles. The highest BCUT2D eigenvalue weighted by Crippen LogP contribution is 2.29. The third-order valence-corrected chi connectivity index (χ3v) is 5.68. The monoisotopic (exact) mass is 426 g/mol. The smallest absolute Gasteiger partial charge is 0.316 e. The third-order valence-electron chi connectivity index (χ3n) is 4.51. The number of thiazole rings is 1. The molecule has 0 bridgehead atoms. The normalized spacial score (nSPS) is 11.0. The SMILES string of the molecule is COc1cn(Cc2cccc(Cl)c2)c(Nc2cc3sc(C)nc3cc2C)nc1=O. The number of ether oxygens (including phenoxy) is 1. The van der Waals surface area contributed by atoms with Crippen LogP contribution in [-0.2, 0) is 6.54 Å². The minimum atomic E-state index is -0.426. The number of anilines is 2. The van der Waals surface area contributed by atoms with Crippen LogP contribution in [0.3, 0.4) is 0 Å². The highest BCUT2D eigenvalue weighted by molar-refractivity contribution is 7.18. The first-order chi connectivity index (χ1) is 13.9. The molecule has 29 heavy (non-hydrogen) atoms. The zero-order valence-corrected chi connectivity index (χ0v) is 17.8. The molecule has 4 rings (SSSR count). The van der Waals surface area contributed by atoms with Crippen molar-refractivity contribution in [3.63, 3.8) is 0 Å². The summed E-state index contributed by atoms with van der Waals surface area (Å²) in [6, 6.07) is 11.6. The Labute approximate surface area is 176 Å². The molecule has 2 heterocycles. The summed E-state index contributed by atoms with van der Waals surface area (Å²) in [5, 5.41) is 4.98. The standard InChI is InChI=1S/C21H19ClN4O2S/c1-12-7-17-19(29-13(2)23-17)9-16(12)24-21-25-20(27)18(28-3)11-26(21)10-14-5-4-6-15(22)8-14/h4-9,11H,10H2,1-3H3,(H,24,25,27). The molecule has 0 radical (unpaired) electrons. The lowest BCUT2D eigenvalue weighted by atomic mass is 10.2. The van der Waals surface area contributed by atoms with Gasteiger partial charge in [0.25, 0.3) is 0 Å². The van der Waals surface area contributed by atoms with Gasteiger partial charge in [0.05, 0.1) is 35.1 Å². The summed E-state index contributed by atoms with van der Waals surface area (Å²) in [5.41, 5.74) is 3.41. The van der Waals surface area contributed by atoms with Crippen molar-refractivity contribution in [3.8, 4) is 5.75 Å². The molecule has 2 aromatic heterocycles. The number of nitrogens with one attached hydrogen (secondary N) is 1. The van der Waals surface area contributed by atoms with Gasteiger partial charge in [0, 0.05) is 10.7 Å². The summed E-state index contributed by atoms with van der Waals surface area (Å²) in [6.45, 7) is 4.47. The molecule has 2 aromatic carbocycles. The van der Waals surface area contributed by atoms with E-state index in [0.717, 1.165) is 32.0 Å². The zero-order valence-electron chi connectivity index (χ0n) is 16.2. The number of hydrogen-bond acceptors (Lipinski definition) is 6. The zero-order chi connectivity index (χ0) is 20.5. The first kappa shape index (κ1) is 19.4. The summed E-state index contributed by atoms with van der Waals surface area (Å²) in [5.74, 6) is 0.613. The topological polar surface area (TPSA) is 69.0 Å². The number of fused-ring (bicyclic) bond motifs is 1. The largest absolute Gasteiger partial charge is 0.490 e. The van der Waals surface area contributed by atoms with E-state index in [0.29, 0.717) is 17.5 Å². The van der Waals surface area contributed by atoms with Gasteiger partial charge in [-0.15, -0.1) is 11.3 Å². The van der Waals surface area contributed by atoms with Gasteiger partial charge in [-0.1, -0.05) is 23.7 Å². The predicted octanol–water partition coefficient (Wildman–Crippen LogP) is 4.92. The van der Waals surface area contributed by atoms with E-state index in [2.05, 4.69) is 15.3 Å². The quantitative estimate of drug-likeness (QED) is 0.490. The minimum absolute atomic E-state index is 0.183. The number of halogens is 1. The van der Waals surface area contributed by atoms with Crippen molar-refractivity contribution in [2.45, 2.75) is 20.4 Å². The minimum Gasteiger partial charge on any atom is -0.490 e. The van der Waals surface area contributed by atoms with Gasteiger partial charge in [-0.3, -0.25) is 4.79 Å². The molecule has 0 aliphatic rings. The summed E-state index contributed by atoms with van der Waals surface area (Å²) in [7, 11) is 1.46. The number of methoxy groups -OCH3 is 1. The number of rotatable bonds is 5. The van der Waals surface area contributed by atoms with Crippen LogP contribution in [-0.4, -0.2) is 21.6 Å². The van der Waals surface area contributed by atoms with Crippen molar-refractivity contribution in [1.29, 1.82) is 0 Å². The van der Waals surface area contributed by atoms with Gasteiger partial charge in [-0.2, -0.15) is 4.98 Å². The molecule has 148 valence electrons. The van der Waals surface area contributed by atoms with Crippen molar-refractivity contribution in [3.05, 3.63) is 74.1 Å². The number of aryl methyl sites for hydroxylation is 2.